The molecule has 0 unspecified atom stereocenters. The molecule has 518 valence electrons. The van der Waals surface area contributed by atoms with E-state index < -0.39 is 58.2 Å². The van der Waals surface area contributed by atoms with Gasteiger partial charge in [-0.05, 0) is 160 Å². The first kappa shape index (κ1) is 65.7. The molecule has 0 atom stereocenters. The minimum atomic E-state index is -4.83. The summed E-state index contributed by atoms with van der Waals surface area (Å²) in [5.74, 6) is 0.762. The second-order valence-corrected chi connectivity index (χ2v) is 30.4. The van der Waals surface area contributed by atoms with Crippen LogP contribution < -0.4 is 44.3 Å². The normalized spacial score (nSPS) is 18.4. The fraction of sp³-hybridized carbons (Fsp3) is 0.348. The number of hydrogen-bond donors (Lipinski definition) is 6. The molecule has 0 spiro atoms. The Hall–Kier alpha value is -10.2. The molecule has 9 aromatic rings. The van der Waals surface area contributed by atoms with Gasteiger partial charge in [-0.25, -0.2) is 43.5 Å². The van der Waals surface area contributed by atoms with Gasteiger partial charge in [0.05, 0.1) is 61.4 Å². The van der Waals surface area contributed by atoms with Crippen LogP contribution in [0.3, 0.4) is 0 Å². The fourth-order valence-corrected chi connectivity index (χ4v) is 16.9. The summed E-state index contributed by atoms with van der Waals surface area (Å²) < 4.78 is 123. The van der Waals surface area contributed by atoms with Crippen LogP contribution in [0.25, 0.3) is 55.9 Å². The van der Waals surface area contributed by atoms with Gasteiger partial charge >= 0.3 is 18.1 Å². The molecule has 3 aliphatic carbocycles. The Morgan fingerprint density at radius 1 is 0.420 bits per heavy atom. The van der Waals surface area contributed by atoms with Crippen LogP contribution in [-0.2, 0) is 93.0 Å². The van der Waals surface area contributed by atoms with E-state index in [0.29, 0.717) is 150 Å². The maximum atomic E-state index is 15.0. The summed E-state index contributed by atoms with van der Waals surface area (Å²) in [4.78, 5) is 57.0. The number of sulfonamides is 3. The largest absolute Gasteiger partial charge is 0.478 e. The number of fused-ring (bicyclic) bond motifs is 24. The standard InChI is InChI=1S/C69H71N15O13S3/c1-41-33-44-13-10-16-48(44)66-63(41)52-36-59(72-40-54(52)56-38-62-78-84(56)27-30-94-31-32-97-57-34-45(21-23-70-57)49-19-17-42-11-8-14-46(42)64(49)73-67(85)80-100(62,92)93)96-29-7-3-5-25-83-55(37-61(77-83)99(90,91)81-69(87)75-66)53-39-71-58-35-51(53)50-20-18-43-12-9-15-47(43)65(50)74-68(86)79-98(88,89)60-22-26-82(76-60)24-4-2-6-28-95-58/h17-23,26,33-40H,2-16,24-25,27-32H2,1H3,(H2,73,80,85)(H2,74,79,86)(H2,75,81,87). The van der Waals surface area contributed by atoms with E-state index in [1.807, 2.05) is 37.3 Å². The molecule has 15 rings (SSSR count). The van der Waals surface area contributed by atoms with Gasteiger partial charge in [-0.3, -0.25) is 14.0 Å². The Morgan fingerprint density at radius 2 is 0.950 bits per heavy atom. The average molecular weight is 1410 g/mol. The van der Waals surface area contributed by atoms with Crippen LogP contribution in [0.5, 0.6) is 17.6 Å². The summed E-state index contributed by atoms with van der Waals surface area (Å²) in [5.41, 5.74) is 11.5. The van der Waals surface area contributed by atoms with E-state index in [1.165, 1.54) is 33.8 Å². The fourth-order valence-electron chi connectivity index (χ4n) is 14.3. The lowest BCUT2D eigenvalue weighted by atomic mass is 9.90. The number of rotatable bonds is 2. The van der Waals surface area contributed by atoms with Gasteiger partial charge < -0.3 is 34.9 Å². The number of hydrogen-bond acceptors (Lipinski definition) is 19. The molecule has 0 saturated carbocycles. The lowest BCUT2D eigenvalue weighted by Gasteiger charge is -2.22. The number of carbonyl (C=O) groups is 3. The molecule has 9 heterocycles. The van der Waals surface area contributed by atoms with E-state index in [9.17, 15) is 31.2 Å². The molecule has 0 radical (unpaired) electrons. The Morgan fingerprint density at radius 3 is 1.60 bits per heavy atom. The highest BCUT2D eigenvalue weighted by molar-refractivity contribution is 7.90. The molecule has 12 bridgehead atoms. The van der Waals surface area contributed by atoms with Gasteiger partial charge in [-0.15, -0.1) is 0 Å². The van der Waals surface area contributed by atoms with Crippen LogP contribution in [0.4, 0.5) is 31.4 Å². The number of anilines is 3. The maximum absolute atomic E-state index is 15.0. The van der Waals surface area contributed by atoms with Gasteiger partial charge in [0.1, 0.15) is 6.61 Å². The molecule has 6 aromatic heterocycles. The summed E-state index contributed by atoms with van der Waals surface area (Å²) in [6.07, 6.45) is 16.0. The number of nitrogens with one attached hydrogen (secondary N) is 6. The van der Waals surface area contributed by atoms with Crippen molar-refractivity contribution in [3.8, 4) is 73.5 Å². The Bertz CT molecular complexity index is 5150. The second-order valence-electron chi connectivity index (χ2n) is 25.5. The zero-order valence-corrected chi connectivity index (χ0v) is 57.0. The van der Waals surface area contributed by atoms with E-state index in [2.05, 4.69) is 45.3 Å². The zero-order valence-electron chi connectivity index (χ0n) is 54.6. The third-order valence-electron chi connectivity index (χ3n) is 18.9. The number of aryl methyl sites for hydroxylation is 6. The van der Waals surface area contributed by atoms with Crippen molar-refractivity contribution < 1.29 is 58.6 Å². The van der Waals surface area contributed by atoms with Crippen LogP contribution >= 0.6 is 0 Å². The number of aromatic nitrogens is 9. The van der Waals surface area contributed by atoms with Gasteiger partial charge in [-0.1, -0.05) is 30.3 Å². The van der Waals surface area contributed by atoms with Crippen molar-refractivity contribution in [2.24, 2.45) is 0 Å². The van der Waals surface area contributed by atoms with Gasteiger partial charge in [0.2, 0.25) is 17.6 Å². The van der Waals surface area contributed by atoms with E-state index in [4.69, 9.17) is 34.0 Å². The van der Waals surface area contributed by atoms with Crippen molar-refractivity contribution in [3.63, 3.8) is 0 Å². The minimum absolute atomic E-state index is 0.000621. The molecule has 3 aliphatic heterocycles. The first-order valence-corrected chi connectivity index (χ1v) is 37.9. The highest BCUT2D eigenvalue weighted by atomic mass is 32.2. The quantitative estimate of drug-likeness (QED) is 0.0937. The molecule has 28 nitrogen and oxygen atoms in total. The number of carbonyl (C=O) groups excluding carboxylic acids is 3. The van der Waals surface area contributed by atoms with E-state index in [1.54, 1.807) is 47.5 Å². The topological polar surface area (TPSA) is 355 Å². The number of ether oxygens (including phenoxy) is 4. The van der Waals surface area contributed by atoms with Crippen LogP contribution in [0, 0.1) is 6.92 Å². The maximum Gasteiger partial charge on any atom is 0.333 e. The van der Waals surface area contributed by atoms with Crippen molar-refractivity contribution in [2.45, 2.75) is 138 Å². The molecule has 0 saturated heterocycles. The Balaban J connectivity index is 0.786. The second kappa shape index (κ2) is 27.1. The summed E-state index contributed by atoms with van der Waals surface area (Å²) in [5, 5.41) is 21.0. The first-order valence-electron chi connectivity index (χ1n) is 33.5. The number of amides is 6. The molecule has 0 fully saturated rings. The lowest BCUT2D eigenvalue weighted by Crippen LogP contribution is -2.35. The molecule has 6 amide bonds. The van der Waals surface area contributed by atoms with Gasteiger partial charge in [0.25, 0.3) is 30.1 Å². The summed E-state index contributed by atoms with van der Waals surface area (Å²) in [6.45, 7) is 3.21. The van der Waals surface area contributed by atoms with E-state index in [0.717, 1.165) is 59.1 Å². The predicted octanol–water partition coefficient (Wildman–Crippen LogP) is 9.64. The van der Waals surface area contributed by atoms with Gasteiger partial charge in [-0.2, -0.15) is 40.5 Å². The highest BCUT2D eigenvalue weighted by Crippen LogP contribution is 2.47. The number of nitrogens with zero attached hydrogens (tertiary/aromatic N) is 9. The van der Waals surface area contributed by atoms with Crippen molar-refractivity contribution in [3.05, 3.63) is 137 Å². The van der Waals surface area contributed by atoms with Crippen LogP contribution in [0.1, 0.15) is 96.7 Å². The summed E-state index contributed by atoms with van der Waals surface area (Å²) in [6, 6.07) is 17.6. The summed E-state index contributed by atoms with van der Waals surface area (Å²) in [7, 11) is -14.0. The molecular weight excluding hydrogens is 1340 g/mol. The van der Waals surface area contributed by atoms with Crippen molar-refractivity contribution in [1.82, 2.24) is 58.5 Å². The van der Waals surface area contributed by atoms with Crippen molar-refractivity contribution in [2.75, 3.05) is 49.0 Å². The molecule has 3 aromatic carbocycles. The molecule has 31 heteroatoms. The SMILES string of the molecule is Cc1cc2c(c3c1-c1cc(ncc1-c1cc4nn1CCOCCOc1cc(ccn1)-c1ccc5c(c1NC(=O)NS4(=O)=O)CCC5)OCCCCCn1nc(cc1-c1cnc4cc1-c1ccc5c(c1NC(=O)NS(=O)(=O)c1ccn(n1)CCCCCO4)CCC5)S(=O)(=O)NC(=O)N3)CCC2. The third-order valence-corrected chi connectivity index (χ3v) is 22.5. The Labute approximate surface area is 576 Å². The highest BCUT2D eigenvalue weighted by Gasteiger charge is 2.34. The number of pyridine rings is 3. The van der Waals surface area contributed by atoms with Crippen LogP contribution in [0.2, 0.25) is 0 Å². The van der Waals surface area contributed by atoms with Gasteiger partial charge in [0.15, 0.2) is 15.1 Å². The van der Waals surface area contributed by atoms with Crippen LogP contribution in [0.15, 0.2) is 113 Å². The average Bonchev–Trinajstić information content (AvgIpc) is 1.44. The number of benzene rings is 3. The molecule has 100 heavy (non-hydrogen) atoms. The minimum Gasteiger partial charge on any atom is -0.478 e. The summed E-state index contributed by atoms with van der Waals surface area (Å²) >= 11 is 0. The monoisotopic (exact) mass is 1410 g/mol. The van der Waals surface area contributed by atoms with Crippen molar-refractivity contribution >= 4 is 65.2 Å². The van der Waals surface area contributed by atoms with Gasteiger partial charge in [0, 0.05) is 107 Å². The predicted molar refractivity (Wildman–Crippen MR) is 368 cm³/mol. The first-order chi connectivity index (χ1) is 48.4. The van der Waals surface area contributed by atoms with E-state index in [-0.39, 0.29) is 74.3 Å². The Kier molecular flexibility index (Phi) is 17.8. The molecular formula is C69H71N15O13S3. The smallest absolute Gasteiger partial charge is 0.333 e. The van der Waals surface area contributed by atoms with Crippen LogP contribution in [-0.4, -0.2) is 121 Å². The zero-order chi connectivity index (χ0) is 68.9. The molecule has 6 N–H and O–H groups in total. The third kappa shape index (κ3) is 13.3. The number of urea groups is 3. The van der Waals surface area contributed by atoms with E-state index >= 15 is 8.42 Å². The lowest BCUT2D eigenvalue weighted by molar-refractivity contribution is 0.0913. The molecule has 6 aliphatic rings. The van der Waals surface area contributed by atoms with Crippen molar-refractivity contribution in [1.29, 1.82) is 0 Å².